The number of rotatable bonds is 9. The van der Waals surface area contributed by atoms with Crippen LogP contribution >= 0.6 is 0 Å². The van der Waals surface area contributed by atoms with E-state index >= 15 is 0 Å². The fraction of sp³-hybridized carbons (Fsp3) is 0.607. The normalized spacial score (nSPS) is 25.0. The summed E-state index contributed by atoms with van der Waals surface area (Å²) in [5.41, 5.74) is 0.270. The molecule has 0 aliphatic carbocycles. The highest BCUT2D eigenvalue weighted by atomic mass is 16.2. The van der Waals surface area contributed by atoms with E-state index < -0.39 is 0 Å². The summed E-state index contributed by atoms with van der Waals surface area (Å²) >= 11 is 0. The van der Waals surface area contributed by atoms with Gasteiger partial charge >= 0.3 is 0 Å². The summed E-state index contributed by atoms with van der Waals surface area (Å²) in [6, 6.07) is 0. The van der Waals surface area contributed by atoms with E-state index in [0.29, 0.717) is 0 Å². The Morgan fingerprint density at radius 3 is 2.68 bits per heavy atom. The van der Waals surface area contributed by atoms with Crippen LogP contribution in [-0.4, -0.2) is 42.1 Å². The van der Waals surface area contributed by atoms with Gasteiger partial charge in [-0.15, -0.1) is 0 Å². The van der Waals surface area contributed by atoms with E-state index in [0.717, 1.165) is 45.3 Å². The lowest BCUT2D eigenvalue weighted by Gasteiger charge is -2.30. The van der Waals surface area contributed by atoms with Crippen LogP contribution in [0.4, 0.5) is 0 Å². The zero-order chi connectivity index (χ0) is 21.9. The summed E-state index contributed by atoms with van der Waals surface area (Å²) < 4.78 is 2.55. The van der Waals surface area contributed by atoms with Crippen molar-refractivity contribution in [3.05, 3.63) is 60.9 Å². The van der Waals surface area contributed by atoms with Crippen molar-refractivity contribution < 1.29 is 9.68 Å². The Kier molecular flexibility index (Phi) is 13.7. The van der Waals surface area contributed by atoms with E-state index in [4.69, 9.17) is 5.11 Å². The van der Waals surface area contributed by atoms with Crippen LogP contribution in [0.1, 0.15) is 77.0 Å². The first-order valence-corrected chi connectivity index (χ1v) is 12.6. The van der Waals surface area contributed by atoms with E-state index in [1.165, 1.54) is 64.2 Å². The van der Waals surface area contributed by atoms with Crippen molar-refractivity contribution >= 4 is 6.21 Å². The molecule has 2 heterocycles. The maximum Gasteiger partial charge on any atom is 0.163 e. The Hall–Kier alpha value is -1.87. The van der Waals surface area contributed by atoms with Crippen LogP contribution in [0.25, 0.3) is 0 Å². The molecule has 3 nitrogen and oxygen atoms in total. The molecule has 0 saturated carbocycles. The largest absolute Gasteiger partial charge is 0.516 e. The third-order valence-electron chi connectivity index (χ3n) is 6.26. The second-order valence-electron chi connectivity index (χ2n) is 9.04. The van der Waals surface area contributed by atoms with Gasteiger partial charge in [0.1, 0.15) is 6.54 Å². The zero-order valence-electron chi connectivity index (χ0n) is 19.6. The summed E-state index contributed by atoms with van der Waals surface area (Å²) in [5.74, 6) is 0. The van der Waals surface area contributed by atoms with Crippen molar-refractivity contribution in [2.45, 2.75) is 77.0 Å². The van der Waals surface area contributed by atoms with Gasteiger partial charge in [0.25, 0.3) is 0 Å². The predicted molar refractivity (Wildman–Crippen MR) is 135 cm³/mol. The molecule has 2 aliphatic rings. The number of hydrogen-bond acceptors (Lipinski definition) is 2. The van der Waals surface area contributed by atoms with Crippen molar-refractivity contribution in [2.75, 3.05) is 26.2 Å². The number of unbranched alkanes of at least 4 members (excludes halogenated alkanes) is 3. The van der Waals surface area contributed by atoms with Gasteiger partial charge in [0.15, 0.2) is 12.8 Å². The van der Waals surface area contributed by atoms with Gasteiger partial charge in [0.05, 0.1) is 11.7 Å². The number of nitrogens with one attached hydrogen (secondary N) is 1. The molecule has 2 rings (SSSR count). The lowest BCUT2D eigenvalue weighted by molar-refractivity contribution is -0.537. The van der Waals surface area contributed by atoms with Crippen LogP contribution in [0.15, 0.2) is 60.9 Å². The third-order valence-corrected chi connectivity index (χ3v) is 6.26. The third kappa shape index (κ3) is 11.9. The standard InChI is InChI=1S/C28H44N2O/c31-25-18-14-10-6-2-1-5-9-13-17-23-30-24-19-21-28(27-30)20-15-11-7-3-4-8-12-16-22-29-26-28/h1,5,7,10-11,14,18-19,21,24-25,29H,2-4,6,8-9,12-13,15-17,20,22-23,26-27H2/p+1/b5-1+,11-7+,14-10+,25-18+/t28-/m0/s1. The molecule has 1 atom stereocenters. The van der Waals surface area contributed by atoms with E-state index in [9.17, 15) is 0 Å². The number of nitrogens with zero attached hydrogens (tertiary/aromatic N) is 1. The topological polar surface area (TPSA) is 35.3 Å². The molecule has 0 bridgehead atoms. The minimum atomic E-state index is 0.270. The van der Waals surface area contributed by atoms with Gasteiger partial charge in [-0.05, 0) is 76.5 Å². The number of aliphatic hydroxyl groups excluding tert-OH is 1. The summed E-state index contributed by atoms with van der Waals surface area (Å²) in [7, 11) is 0. The van der Waals surface area contributed by atoms with Crippen molar-refractivity contribution in [1.29, 1.82) is 0 Å². The molecular weight excluding hydrogens is 380 g/mol. The molecule has 0 aromatic rings. The summed E-state index contributed by atoms with van der Waals surface area (Å²) in [5, 5.41) is 12.3. The first-order chi connectivity index (χ1) is 15.3. The summed E-state index contributed by atoms with van der Waals surface area (Å²) in [6.07, 6.45) is 38.0. The monoisotopic (exact) mass is 425 g/mol. The minimum Gasteiger partial charge on any atom is -0.516 e. The molecule has 172 valence electrons. The fourth-order valence-corrected chi connectivity index (χ4v) is 4.44. The minimum absolute atomic E-state index is 0.270. The zero-order valence-corrected chi connectivity index (χ0v) is 19.6. The van der Waals surface area contributed by atoms with Gasteiger partial charge in [-0.3, -0.25) is 0 Å². The molecule has 1 spiro atoms. The van der Waals surface area contributed by atoms with Crippen LogP contribution in [0.2, 0.25) is 0 Å². The second kappa shape index (κ2) is 16.8. The van der Waals surface area contributed by atoms with Crippen LogP contribution in [0, 0.1) is 5.41 Å². The Bertz CT molecular complexity index is 641. The Balaban J connectivity index is 1.70. The SMILES string of the molecule is O/C=C/C=C/CC/C=C/CCCC[N+]1=CC=C[C@]2(CC/C=C/CCCCCCNC2)C1. The molecule has 0 aromatic carbocycles. The van der Waals surface area contributed by atoms with Gasteiger partial charge in [-0.2, -0.15) is 0 Å². The average Bonchev–Trinajstić information content (AvgIpc) is 2.80. The lowest BCUT2D eigenvalue weighted by atomic mass is 9.81. The van der Waals surface area contributed by atoms with E-state index in [1.54, 1.807) is 6.08 Å². The van der Waals surface area contributed by atoms with Crippen molar-refractivity contribution in [3.63, 3.8) is 0 Å². The predicted octanol–water partition coefficient (Wildman–Crippen LogP) is 6.65. The Morgan fingerprint density at radius 1 is 0.903 bits per heavy atom. The number of allylic oxidation sites excluding steroid dienone is 8. The molecule has 0 fully saturated rings. The van der Waals surface area contributed by atoms with Gasteiger partial charge < -0.3 is 10.4 Å². The van der Waals surface area contributed by atoms with Crippen molar-refractivity contribution in [2.24, 2.45) is 5.41 Å². The highest BCUT2D eigenvalue weighted by molar-refractivity contribution is 5.67. The molecule has 0 aromatic heterocycles. The molecule has 0 amide bonds. The summed E-state index contributed by atoms with van der Waals surface area (Å²) in [4.78, 5) is 0. The Morgan fingerprint density at radius 2 is 1.74 bits per heavy atom. The van der Waals surface area contributed by atoms with Gasteiger partial charge in [-0.1, -0.05) is 55.4 Å². The van der Waals surface area contributed by atoms with Crippen LogP contribution in [-0.2, 0) is 0 Å². The molecule has 0 radical (unpaired) electrons. The second-order valence-corrected chi connectivity index (χ2v) is 9.04. The van der Waals surface area contributed by atoms with Gasteiger partial charge in [0, 0.05) is 13.0 Å². The molecule has 0 unspecified atom stereocenters. The maximum atomic E-state index is 8.57. The lowest BCUT2D eigenvalue weighted by Crippen LogP contribution is -2.42. The van der Waals surface area contributed by atoms with Gasteiger partial charge in [-0.25, -0.2) is 4.58 Å². The average molecular weight is 426 g/mol. The first kappa shape index (κ1) is 25.4. The van der Waals surface area contributed by atoms with Crippen LogP contribution < -0.4 is 5.32 Å². The maximum absolute atomic E-state index is 8.57. The molecule has 2 aliphatic heterocycles. The van der Waals surface area contributed by atoms with Crippen LogP contribution in [0.3, 0.4) is 0 Å². The summed E-state index contributed by atoms with van der Waals surface area (Å²) in [6.45, 7) is 4.57. The highest BCUT2D eigenvalue weighted by Gasteiger charge is 2.33. The fourth-order valence-electron chi connectivity index (χ4n) is 4.44. The Labute approximate surface area is 191 Å². The van der Waals surface area contributed by atoms with E-state index in [-0.39, 0.29) is 5.41 Å². The smallest absolute Gasteiger partial charge is 0.163 e. The molecule has 3 heteroatoms. The molecule has 0 saturated heterocycles. The first-order valence-electron chi connectivity index (χ1n) is 12.6. The van der Waals surface area contributed by atoms with Crippen molar-refractivity contribution in [1.82, 2.24) is 5.32 Å². The van der Waals surface area contributed by atoms with Crippen LogP contribution in [0.5, 0.6) is 0 Å². The van der Waals surface area contributed by atoms with Gasteiger partial charge in [0.2, 0.25) is 0 Å². The van der Waals surface area contributed by atoms with Crippen molar-refractivity contribution in [3.8, 4) is 0 Å². The van der Waals surface area contributed by atoms with E-state index in [1.807, 2.05) is 6.08 Å². The highest BCUT2D eigenvalue weighted by Crippen LogP contribution is 2.28. The number of hydrogen-bond donors (Lipinski definition) is 2. The number of aliphatic hydroxyl groups is 1. The quantitative estimate of drug-likeness (QED) is 0.143. The molecule has 2 N–H and O–H groups in total. The molecule has 31 heavy (non-hydrogen) atoms. The molecular formula is C28H45N2O+. The van der Waals surface area contributed by atoms with E-state index in [2.05, 4.69) is 58.6 Å².